The molecule has 1 aliphatic rings. The number of carbonyl (C=O) groups is 2. The van der Waals surface area contributed by atoms with Gasteiger partial charge in [0.2, 0.25) is 5.91 Å². The van der Waals surface area contributed by atoms with Crippen molar-refractivity contribution in [3.63, 3.8) is 0 Å². The molecule has 1 fully saturated rings. The fourth-order valence-corrected chi connectivity index (χ4v) is 2.53. The van der Waals surface area contributed by atoms with E-state index in [9.17, 15) is 9.59 Å². The van der Waals surface area contributed by atoms with Crippen molar-refractivity contribution in [2.45, 2.75) is 19.3 Å². The van der Waals surface area contributed by atoms with Gasteiger partial charge < -0.3 is 15.4 Å². The van der Waals surface area contributed by atoms with Gasteiger partial charge in [-0.05, 0) is 61.4 Å². The summed E-state index contributed by atoms with van der Waals surface area (Å²) in [7, 11) is 1.36. The van der Waals surface area contributed by atoms with Crippen LogP contribution in [0.3, 0.4) is 0 Å². The second kappa shape index (κ2) is 7.17. The van der Waals surface area contributed by atoms with Crippen LogP contribution in [0.2, 0.25) is 0 Å². The summed E-state index contributed by atoms with van der Waals surface area (Å²) in [5.74, 6) is -0.0652. The molecule has 1 aliphatic carbocycles. The Labute approximate surface area is 141 Å². The van der Waals surface area contributed by atoms with Crippen LogP contribution < -0.4 is 10.6 Å². The average molecular weight is 324 g/mol. The summed E-state index contributed by atoms with van der Waals surface area (Å²) in [5, 5.41) is 6.19. The molecular formula is C19H20N2O3. The Hall–Kier alpha value is -2.82. The van der Waals surface area contributed by atoms with E-state index in [4.69, 9.17) is 0 Å². The second-order valence-corrected chi connectivity index (χ2v) is 5.89. The predicted octanol–water partition coefficient (Wildman–Crippen LogP) is 3.96. The minimum atomic E-state index is -0.354. The quantitative estimate of drug-likeness (QED) is 0.817. The summed E-state index contributed by atoms with van der Waals surface area (Å²) < 4.78 is 4.67. The molecule has 24 heavy (non-hydrogen) atoms. The lowest BCUT2D eigenvalue weighted by atomic mass is 9.85. The minimum Gasteiger partial charge on any atom is -0.465 e. The van der Waals surface area contributed by atoms with Crippen molar-refractivity contribution in [2.75, 3.05) is 17.7 Å². The molecular weight excluding hydrogens is 304 g/mol. The summed E-state index contributed by atoms with van der Waals surface area (Å²) in [6.07, 6.45) is 3.13. The fraction of sp³-hybridized carbons (Fsp3) is 0.263. The zero-order chi connectivity index (χ0) is 16.9. The van der Waals surface area contributed by atoms with Gasteiger partial charge in [0.25, 0.3) is 0 Å². The Kier molecular flexibility index (Phi) is 4.79. The Bertz CT molecular complexity index is 719. The predicted molar refractivity (Wildman–Crippen MR) is 93.5 cm³/mol. The maximum atomic E-state index is 11.9. The van der Waals surface area contributed by atoms with E-state index >= 15 is 0 Å². The number of rotatable bonds is 5. The molecule has 0 unspecified atom stereocenters. The summed E-state index contributed by atoms with van der Waals surface area (Å²) in [6, 6.07) is 14.6. The molecule has 0 saturated heterocycles. The van der Waals surface area contributed by atoms with Gasteiger partial charge in [-0.3, -0.25) is 4.79 Å². The Balaban J connectivity index is 1.59. The van der Waals surface area contributed by atoms with Crippen LogP contribution in [0.4, 0.5) is 17.1 Å². The molecule has 0 heterocycles. The smallest absolute Gasteiger partial charge is 0.337 e. The first-order valence-corrected chi connectivity index (χ1v) is 8.02. The number of carbonyl (C=O) groups excluding carboxylic acids is 2. The van der Waals surface area contributed by atoms with Gasteiger partial charge in [-0.2, -0.15) is 0 Å². The largest absolute Gasteiger partial charge is 0.465 e. The highest BCUT2D eigenvalue weighted by Gasteiger charge is 2.24. The summed E-state index contributed by atoms with van der Waals surface area (Å²) in [6.45, 7) is 0. The molecule has 1 amide bonds. The van der Waals surface area contributed by atoms with Crippen LogP contribution in [-0.4, -0.2) is 19.0 Å². The van der Waals surface area contributed by atoms with Gasteiger partial charge in [-0.15, -0.1) is 0 Å². The Morgan fingerprint density at radius 3 is 1.96 bits per heavy atom. The number of nitrogens with one attached hydrogen (secondary N) is 2. The van der Waals surface area contributed by atoms with E-state index in [1.165, 1.54) is 7.11 Å². The number of hydrogen-bond acceptors (Lipinski definition) is 4. The van der Waals surface area contributed by atoms with Crippen LogP contribution in [-0.2, 0) is 9.53 Å². The first kappa shape index (κ1) is 16.1. The first-order chi connectivity index (χ1) is 11.7. The van der Waals surface area contributed by atoms with Crippen molar-refractivity contribution in [2.24, 2.45) is 5.92 Å². The van der Waals surface area contributed by atoms with Crippen LogP contribution >= 0.6 is 0 Å². The van der Waals surface area contributed by atoms with E-state index in [2.05, 4.69) is 15.4 Å². The molecule has 0 radical (unpaired) electrons. The normalized spacial score (nSPS) is 13.7. The molecule has 5 heteroatoms. The van der Waals surface area contributed by atoms with Crippen molar-refractivity contribution in [3.8, 4) is 0 Å². The van der Waals surface area contributed by atoms with Crippen LogP contribution in [0.25, 0.3) is 0 Å². The first-order valence-electron chi connectivity index (χ1n) is 8.02. The van der Waals surface area contributed by atoms with E-state index in [1.54, 1.807) is 12.1 Å². The number of methoxy groups -OCH3 is 1. The van der Waals surface area contributed by atoms with E-state index in [0.29, 0.717) is 5.56 Å². The zero-order valence-electron chi connectivity index (χ0n) is 13.5. The molecule has 2 aromatic rings. The fourth-order valence-electron chi connectivity index (χ4n) is 2.53. The number of ether oxygens (including phenoxy) is 1. The lowest BCUT2D eigenvalue weighted by Crippen LogP contribution is -2.27. The highest BCUT2D eigenvalue weighted by Crippen LogP contribution is 2.28. The number of esters is 1. The van der Waals surface area contributed by atoms with E-state index in [1.807, 2.05) is 36.4 Å². The molecule has 5 nitrogen and oxygen atoms in total. The topological polar surface area (TPSA) is 67.4 Å². The van der Waals surface area contributed by atoms with Crippen molar-refractivity contribution in [1.29, 1.82) is 0 Å². The third kappa shape index (κ3) is 3.74. The SMILES string of the molecule is COC(=O)c1ccc(Nc2ccc(NC(=O)C3CCC3)cc2)cc1. The van der Waals surface area contributed by atoms with Gasteiger partial charge in [0, 0.05) is 23.0 Å². The summed E-state index contributed by atoms with van der Waals surface area (Å²) in [5.41, 5.74) is 3.09. The van der Waals surface area contributed by atoms with Gasteiger partial charge in [-0.1, -0.05) is 6.42 Å². The number of anilines is 3. The van der Waals surface area contributed by atoms with Crippen LogP contribution in [0, 0.1) is 5.92 Å². The van der Waals surface area contributed by atoms with Crippen molar-refractivity contribution in [1.82, 2.24) is 0 Å². The number of amides is 1. The van der Waals surface area contributed by atoms with Crippen LogP contribution in [0.5, 0.6) is 0 Å². The molecule has 0 spiro atoms. The van der Waals surface area contributed by atoms with Gasteiger partial charge in [0.05, 0.1) is 12.7 Å². The molecule has 1 saturated carbocycles. The monoisotopic (exact) mass is 324 g/mol. The third-order valence-electron chi connectivity index (χ3n) is 4.22. The lowest BCUT2D eigenvalue weighted by Gasteiger charge is -2.24. The van der Waals surface area contributed by atoms with Crippen LogP contribution in [0.1, 0.15) is 29.6 Å². The zero-order valence-corrected chi connectivity index (χ0v) is 13.5. The summed E-state index contributed by atoms with van der Waals surface area (Å²) >= 11 is 0. The molecule has 2 aromatic carbocycles. The third-order valence-corrected chi connectivity index (χ3v) is 4.22. The van der Waals surface area contributed by atoms with E-state index < -0.39 is 0 Å². The van der Waals surface area contributed by atoms with Crippen molar-refractivity contribution in [3.05, 3.63) is 54.1 Å². The second-order valence-electron chi connectivity index (χ2n) is 5.89. The highest BCUT2D eigenvalue weighted by molar-refractivity contribution is 5.93. The van der Waals surface area contributed by atoms with Crippen LogP contribution in [0.15, 0.2) is 48.5 Å². The highest BCUT2D eigenvalue weighted by atomic mass is 16.5. The average Bonchev–Trinajstić information content (AvgIpc) is 2.55. The maximum absolute atomic E-state index is 11.9. The maximum Gasteiger partial charge on any atom is 0.337 e. The lowest BCUT2D eigenvalue weighted by molar-refractivity contribution is -0.122. The van der Waals surface area contributed by atoms with Gasteiger partial charge in [-0.25, -0.2) is 4.79 Å². The molecule has 2 N–H and O–H groups in total. The molecule has 124 valence electrons. The molecule has 0 atom stereocenters. The van der Waals surface area contributed by atoms with Gasteiger partial charge >= 0.3 is 5.97 Å². The van der Waals surface area contributed by atoms with Crippen molar-refractivity contribution >= 4 is 28.9 Å². The van der Waals surface area contributed by atoms with E-state index in [0.717, 1.165) is 36.3 Å². The minimum absolute atomic E-state index is 0.111. The van der Waals surface area contributed by atoms with E-state index in [-0.39, 0.29) is 17.8 Å². The van der Waals surface area contributed by atoms with Gasteiger partial charge in [0.15, 0.2) is 0 Å². The molecule has 0 bridgehead atoms. The standard InChI is InChI=1S/C19H20N2O3/c1-24-19(23)14-5-7-15(8-6-14)20-16-9-11-17(12-10-16)21-18(22)13-3-2-4-13/h5-13,20H,2-4H2,1H3,(H,21,22). The molecule has 0 aromatic heterocycles. The summed E-state index contributed by atoms with van der Waals surface area (Å²) in [4.78, 5) is 23.3. The Morgan fingerprint density at radius 1 is 0.917 bits per heavy atom. The van der Waals surface area contributed by atoms with Crippen molar-refractivity contribution < 1.29 is 14.3 Å². The number of benzene rings is 2. The molecule has 3 rings (SSSR count). The molecule has 0 aliphatic heterocycles. The Morgan fingerprint density at radius 2 is 1.46 bits per heavy atom. The number of hydrogen-bond donors (Lipinski definition) is 2. The van der Waals surface area contributed by atoms with Gasteiger partial charge in [0.1, 0.15) is 0 Å².